The van der Waals surface area contributed by atoms with Crippen LogP contribution in [-0.4, -0.2) is 29.6 Å². The second kappa shape index (κ2) is 7.33. The Bertz CT molecular complexity index is 498. The van der Waals surface area contributed by atoms with Crippen LogP contribution in [0.4, 0.5) is 0 Å². The minimum absolute atomic E-state index is 0.297. The van der Waals surface area contributed by atoms with Crippen LogP contribution < -0.4 is 10.1 Å². The van der Waals surface area contributed by atoms with Gasteiger partial charge in [-0.1, -0.05) is 24.8 Å². The lowest BCUT2D eigenvalue weighted by atomic mass is 10.0. The fourth-order valence-electron chi connectivity index (χ4n) is 1.55. The van der Waals surface area contributed by atoms with Crippen LogP contribution in [0, 0.1) is 5.92 Å². The van der Waals surface area contributed by atoms with Gasteiger partial charge in [0, 0.05) is 6.04 Å². The van der Waals surface area contributed by atoms with Crippen molar-refractivity contribution in [3.05, 3.63) is 42.5 Å². The van der Waals surface area contributed by atoms with E-state index in [0.29, 0.717) is 17.9 Å². The van der Waals surface area contributed by atoms with Crippen LogP contribution in [0.25, 0.3) is 0 Å². The highest BCUT2D eigenvalue weighted by molar-refractivity contribution is 5.97. The number of rotatable bonds is 7. The molecule has 0 radical (unpaired) electrons. The van der Waals surface area contributed by atoms with Crippen LogP contribution in [0.2, 0.25) is 0 Å². The summed E-state index contributed by atoms with van der Waals surface area (Å²) in [6.45, 7) is 7.05. The minimum Gasteiger partial charge on any atom is -0.489 e. The van der Waals surface area contributed by atoms with Crippen molar-refractivity contribution in [2.45, 2.75) is 19.9 Å². The van der Waals surface area contributed by atoms with Crippen molar-refractivity contribution in [2.75, 3.05) is 6.61 Å². The molecule has 2 unspecified atom stereocenters. The van der Waals surface area contributed by atoms with E-state index in [1.165, 1.54) is 0 Å². The summed E-state index contributed by atoms with van der Waals surface area (Å²) >= 11 is 0. The standard InChI is InChI=1S/C15H19NO4/c1-4-9-20-13-8-6-5-7-12(13)14(17)16-11(3)10(2)15(18)19/h4-8,10-11H,1,9H2,2-3H3,(H,16,17)(H,18,19). The molecule has 0 fully saturated rings. The number of hydrogen-bond acceptors (Lipinski definition) is 3. The molecular formula is C15H19NO4. The molecule has 108 valence electrons. The lowest BCUT2D eigenvalue weighted by Gasteiger charge is -2.18. The highest BCUT2D eigenvalue weighted by Gasteiger charge is 2.22. The first-order chi connectivity index (χ1) is 9.47. The average molecular weight is 277 g/mol. The van der Waals surface area contributed by atoms with Gasteiger partial charge in [-0.15, -0.1) is 0 Å². The summed E-state index contributed by atoms with van der Waals surface area (Å²) in [5.41, 5.74) is 0.374. The molecule has 0 saturated carbocycles. The number of hydrogen-bond donors (Lipinski definition) is 2. The zero-order chi connectivity index (χ0) is 15.1. The van der Waals surface area contributed by atoms with Gasteiger partial charge in [-0.25, -0.2) is 0 Å². The maximum absolute atomic E-state index is 12.2. The van der Waals surface area contributed by atoms with Gasteiger partial charge >= 0.3 is 5.97 Å². The third kappa shape index (κ3) is 4.12. The average Bonchev–Trinajstić information content (AvgIpc) is 2.44. The topological polar surface area (TPSA) is 75.6 Å². The Morgan fingerprint density at radius 2 is 2.05 bits per heavy atom. The summed E-state index contributed by atoms with van der Waals surface area (Å²) in [7, 11) is 0. The van der Waals surface area contributed by atoms with Gasteiger partial charge in [0.05, 0.1) is 11.5 Å². The lowest BCUT2D eigenvalue weighted by Crippen LogP contribution is -2.40. The number of aliphatic carboxylic acids is 1. The van der Waals surface area contributed by atoms with Gasteiger partial charge in [0.15, 0.2) is 0 Å². The minimum atomic E-state index is -0.950. The molecule has 2 atom stereocenters. The molecular weight excluding hydrogens is 258 g/mol. The number of ether oxygens (including phenoxy) is 1. The van der Waals surface area contributed by atoms with E-state index in [4.69, 9.17) is 9.84 Å². The van der Waals surface area contributed by atoms with Crippen molar-refractivity contribution in [1.29, 1.82) is 0 Å². The Morgan fingerprint density at radius 1 is 1.40 bits per heavy atom. The Labute approximate surface area is 118 Å². The van der Waals surface area contributed by atoms with Crippen molar-refractivity contribution in [2.24, 2.45) is 5.92 Å². The van der Waals surface area contributed by atoms with Crippen molar-refractivity contribution < 1.29 is 19.4 Å². The van der Waals surface area contributed by atoms with Gasteiger partial charge in [-0.05, 0) is 26.0 Å². The van der Waals surface area contributed by atoms with Gasteiger partial charge in [0.2, 0.25) is 0 Å². The summed E-state index contributed by atoms with van der Waals surface area (Å²) in [6.07, 6.45) is 1.59. The maximum atomic E-state index is 12.2. The number of benzene rings is 1. The number of amides is 1. The molecule has 5 nitrogen and oxygen atoms in total. The molecule has 1 amide bonds. The summed E-state index contributed by atoms with van der Waals surface area (Å²) in [6, 6.07) is 6.32. The highest BCUT2D eigenvalue weighted by atomic mass is 16.5. The fraction of sp³-hybridized carbons (Fsp3) is 0.333. The summed E-state index contributed by atoms with van der Waals surface area (Å²) in [5, 5.41) is 11.6. The van der Waals surface area contributed by atoms with Gasteiger partial charge in [-0.3, -0.25) is 9.59 Å². The van der Waals surface area contributed by atoms with Crippen molar-refractivity contribution >= 4 is 11.9 Å². The van der Waals surface area contributed by atoms with Crippen LogP contribution in [-0.2, 0) is 4.79 Å². The van der Waals surface area contributed by atoms with Gasteiger partial charge in [-0.2, -0.15) is 0 Å². The Hall–Kier alpha value is -2.30. The highest BCUT2D eigenvalue weighted by Crippen LogP contribution is 2.18. The Morgan fingerprint density at radius 3 is 2.65 bits per heavy atom. The lowest BCUT2D eigenvalue weighted by molar-refractivity contribution is -0.141. The molecule has 0 heterocycles. The number of carbonyl (C=O) groups excluding carboxylic acids is 1. The van der Waals surface area contributed by atoms with Crippen LogP contribution in [0.5, 0.6) is 5.75 Å². The zero-order valence-corrected chi connectivity index (χ0v) is 11.6. The van der Waals surface area contributed by atoms with Gasteiger partial charge in [0.1, 0.15) is 12.4 Å². The van der Waals surface area contributed by atoms with Crippen molar-refractivity contribution in [3.63, 3.8) is 0 Å². The van der Waals surface area contributed by atoms with Crippen LogP contribution in [0.15, 0.2) is 36.9 Å². The molecule has 2 N–H and O–H groups in total. The van der Waals surface area contributed by atoms with Crippen molar-refractivity contribution in [1.82, 2.24) is 5.32 Å². The fourth-order valence-corrected chi connectivity index (χ4v) is 1.55. The van der Waals surface area contributed by atoms with Crippen molar-refractivity contribution in [3.8, 4) is 5.75 Å². The Kier molecular flexibility index (Phi) is 5.77. The van der Waals surface area contributed by atoms with Crippen LogP contribution >= 0.6 is 0 Å². The SMILES string of the molecule is C=CCOc1ccccc1C(=O)NC(C)C(C)C(=O)O. The predicted octanol–water partition coefficient (Wildman–Crippen LogP) is 2.09. The van der Waals surface area contributed by atoms with E-state index < -0.39 is 17.9 Å². The Balaban J connectivity index is 2.81. The number of nitrogens with one attached hydrogen (secondary N) is 1. The maximum Gasteiger partial charge on any atom is 0.308 e. The van der Waals surface area contributed by atoms with E-state index in [1.54, 1.807) is 44.2 Å². The first-order valence-electron chi connectivity index (χ1n) is 6.33. The van der Waals surface area contributed by atoms with E-state index in [2.05, 4.69) is 11.9 Å². The molecule has 0 saturated heterocycles. The largest absolute Gasteiger partial charge is 0.489 e. The first-order valence-corrected chi connectivity index (χ1v) is 6.33. The normalized spacial score (nSPS) is 13.1. The molecule has 0 aliphatic rings. The summed E-state index contributed by atoms with van der Waals surface area (Å²) in [5.74, 6) is -1.53. The number of carboxylic acid groups (broad SMARTS) is 1. The van der Waals surface area contributed by atoms with E-state index >= 15 is 0 Å². The number of para-hydroxylation sites is 1. The molecule has 0 aromatic heterocycles. The van der Waals surface area contributed by atoms with E-state index in [9.17, 15) is 9.59 Å². The van der Waals surface area contributed by atoms with Gasteiger partial charge < -0.3 is 15.2 Å². The summed E-state index contributed by atoms with van der Waals surface area (Å²) < 4.78 is 5.40. The van der Waals surface area contributed by atoms with E-state index in [1.807, 2.05) is 0 Å². The van der Waals surface area contributed by atoms with E-state index in [0.717, 1.165) is 0 Å². The number of carboxylic acids is 1. The smallest absolute Gasteiger partial charge is 0.308 e. The molecule has 0 spiro atoms. The third-order valence-corrected chi connectivity index (χ3v) is 2.99. The molecule has 1 aromatic rings. The van der Waals surface area contributed by atoms with Crippen LogP contribution in [0.3, 0.4) is 0 Å². The molecule has 0 aliphatic heterocycles. The monoisotopic (exact) mass is 277 g/mol. The molecule has 1 aromatic carbocycles. The third-order valence-electron chi connectivity index (χ3n) is 2.99. The molecule has 5 heteroatoms. The molecule has 0 aliphatic carbocycles. The molecule has 1 rings (SSSR count). The molecule has 0 bridgehead atoms. The second-order valence-electron chi connectivity index (χ2n) is 4.48. The van der Waals surface area contributed by atoms with Gasteiger partial charge in [0.25, 0.3) is 5.91 Å². The quantitative estimate of drug-likeness (QED) is 0.748. The second-order valence-corrected chi connectivity index (χ2v) is 4.48. The zero-order valence-electron chi connectivity index (χ0n) is 11.6. The van der Waals surface area contributed by atoms with E-state index in [-0.39, 0.29) is 5.91 Å². The van der Waals surface area contributed by atoms with Crippen LogP contribution in [0.1, 0.15) is 24.2 Å². The molecule has 20 heavy (non-hydrogen) atoms. The predicted molar refractivity (Wildman–Crippen MR) is 75.9 cm³/mol. The number of carbonyl (C=O) groups is 2. The first kappa shape index (κ1) is 15.8. The summed E-state index contributed by atoms with van der Waals surface area (Å²) in [4.78, 5) is 23.0.